The Morgan fingerprint density at radius 2 is 2.05 bits per heavy atom. The molecule has 114 valence electrons. The van der Waals surface area contributed by atoms with Gasteiger partial charge in [-0.3, -0.25) is 14.6 Å². The third kappa shape index (κ3) is 1.62. The molecule has 3 fully saturated rings. The van der Waals surface area contributed by atoms with E-state index in [1.165, 1.54) is 19.3 Å². The SMILES string of the molecule is O=C1CCN(C(=O)C2[C@@H]3[C@H]4CC[C@H](C4)[C@H]23)c2cnccc2N1. The number of rotatable bonds is 1. The Hall–Kier alpha value is -1.91. The first kappa shape index (κ1) is 12.6. The van der Waals surface area contributed by atoms with Gasteiger partial charge in [-0.15, -0.1) is 0 Å². The lowest BCUT2D eigenvalue weighted by molar-refractivity contribution is -0.120. The van der Waals surface area contributed by atoms with Crippen molar-refractivity contribution in [3.63, 3.8) is 0 Å². The fourth-order valence-electron chi connectivity index (χ4n) is 5.32. The maximum Gasteiger partial charge on any atom is 0.230 e. The molecule has 3 aliphatic carbocycles. The first-order valence-electron chi connectivity index (χ1n) is 8.29. The quantitative estimate of drug-likeness (QED) is 0.863. The summed E-state index contributed by atoms with van der Waals surface area (Å²) in [6.45, 7) is 0.467. The van der Waals surface area contributed by atoms with Crippen LogP contribution in [0.4, 0.5) is 11.4 Å². The Morgan fingerprint density at radius 3 is 2.82 bits per heavy atom. The van der Waals surface area contributed by atoms with Gasteiger partial charge in [0.1, 0.15) is 0 Å². The van der Waals surface area contributed by atoms with Crippen molar-refractivity contribution in [3.05, 3.63) is 18.5 Å². The molecule has 1 aromatic heterocycles. The Balaban J connectivity index is 1.46. The average Bonchev–Trinajstić information content (AvgIpc) is 3.03. The second-order valence-corrected chi connectivity index (χ2v) is 7.19. The number of anilines is 2. The van der Waals surface area contributed by atoms with Crippen molar-refractivity contribution in [3.8, 4) is 0 Å². The predicted octanol–water partition coefficient (Wildman–Crippen LogP) is 2.05. The average molecular weight is 297 g/mol. The highest BCUT2D eigenvalue weighted by Gasteiger charge is 2.68. The summed E-state index contributed by atoms with van der Waals surface area (Å²) in [7, 11) is 0. The highest BCUT2D eigenvalue weighted by Crippen LogP contribution is 2.69. The molecule has 2 heterocycles. The van der Waals surface area contributed by atoms with E-state index in [1.54, 1.807) is 18.5 Å². The van der Waals surface area contributed by atoms with Crippen molar-refractivity contribution in [2.75, 3.05) is 16.8 Å². The molecule has 5 rings (SSSR count). The summed E-state index contributed by atoms with van der Waals surface area (Å²) in [5.41, 5.74) is 1.47. The monoisotopic (exact) mass is 297 g/mol. The lowest BCUT2D eigenvalue weighted by Crippen LogP contribution is -2.34. The van der Waals surface area contributed by atoms with E-state index in [2.05, 4.69) is 10.3 Å². The smallest absolute Gasteiger partial charge is 0.230 e. The van der Waals surface area contributed by atoms with E-state index >= 15 is 0 Å². The Kier molecular flexibility index (Phi) is 2.47. The fourth-order valence-corrected chi connectivity index (χ4v) is 5.32. The van der Waals surface area contributed by atoms with E-state index in [0.717, 1.165) is 17.5 Å². The molecule has 1 aromatic rings. The van der Waals surface area contributed by atoms with Crippen LogP contribution in [0.1, 0.15) is 25.7 Å². The van der Waals surface area contributed by atoms with Gasteiger partial charge in [-0.1, -0.05) is 0 Å². The van der Waals surface area contributed by atoms with Gasteiger partial charge in [0.05, 0.1) is 17.6 Å². The number of nitrogens with one attached hydrogen (secondary N) is 1. The molecule has 0 spiro atoms. The number of fused-ring (bicyclic) bond motifs is 6. The minimum atomic E-state index is -0.0289. The van der Waals surface area contributed by atoms with Crippen molar-refractivity contribution < 1.29 is 9.59 Å². The van der Waals surface area contributed by atoms with Gasteiger partial charge in [0, 0.05) is 25.1 Å². The number of aromatic nitrogens is 1. The van der Waals surface area contributed by atoms with E-state index in [1.807, 2.05) is 4.90 Å². The van der Waals surface area contributed by atoms with Crippen molar-refractivity contribution in [1.29, 1.82) is 0 Å². The van der Waals surface area contributed by atoms with Crippen LogP contribution in [-0.2, 0) is 9.59 Å². The van der Waals surface area contributed by atoms with E-state index < -0.39 is 0 Å². The van der Waals surface area contributed by atoms with Gasteiger partial charge in [0.25, 0.3) is 0 Å². The zero-order valence-corrected chi connectivity index (χ0v) is 12.4. The fraction of sp³-hybridized carbons (Fsp3) is 0.588. The number of carbonyl (C=O) groups is 2. The number of amides is 2. The second kappa shape index (κ2) is 4.31. The summed E-state index contributed by atoms with van der Waals surface area (Å²) in [5.74, 6) is 3.20. The van der Waals surface area contributed by atoms with Gasteiger partial charge in [-0.25, -0.2) is 0 Å². The van der Waals surface area contributed by atoms with Crippen molar-refractivity contribution in [2.45, 2.75) is 25.7 Å². The summed E-state index contributed by atoms with van der Waals surface area (Å²) >= 11 is 0. The Bertz CT molecular complexity index is 658. The molecule has 4 aliphatic rings. The molecule has 3 saturated carbocycles. The minimum Gasteiger partial charge on any atom is -0.324 e. The number of nitrogens with zero attached hydrogens (tertiary/aromatic N) is 2. The van der Waals surface area contributed by atoms with Gasteiger partial charge in [-0.05, 0) is 49.0 Å². The molecule has 2 bridgehead atoms. The van der Waals surface area contributed by atoms with Crippen LogP contribution < -0.4 is 10.2 Å². The molecule has 5 atom stereocenters. The largest absolute Gasteiger partial charge is 0.324 e. The van der Waals surface area contributed by atoms with Crippen LogP contribution in [0.3, 0.4) is 0 Å². The molecule has 5 heteroatoms. The third-order valence-corrected chi connectivity index (χ3v) is 6.21. The van der Waals surface area contributed by atoms with Crippen LogP contribution in [0.5, 0.6) is 0 Å². The summed E-state index contributed by atoms with van der Waals surface area (Å²) in [5, 5.41) is 2.87. The van der Waals surface area contributed by atoms with Crippen molar-refractivity contribution in [1.82, 2.24) is 4.98 Å². The molecular weight excluding hydrogens is 278 g/mol. The highest BCUT2D eigenvalue weighted by atomic mass is 16.2. The number of hydrogen-bond donors (Lipinski definition) is 1. The maximum atomic E-state index is 13.1. The standard InChI is InChI=1S/C17H19N3O2/c21-13-4-6-20(12-8-18-5-3-11(12)19-13)17(22)16-14-9-1-2-10(7-9)15(14)16/h3,5,8-10,14-16H,1-2,4,6-7H2,(H,19,21)/t9-,10+,14+,15-,16?. The number of pyridine rings is 1. The van der Waals surface area contributed by atoms with Crippen LogP contribution in [0.2, 0.25) is 0 Å². The van der Waals surface area contributed by atoms with Gasteiger partial charge >= 0.3 is 0 Å². The van der Waals surface area contributed by atoms with Crippen molar-refractivity contribution >= 4 is 23.2 Å². The van der Waals surface area contributed by atoms with E-state index in [-0.39, 0.29) is 17.7 Å². The molecule has 1 N–H and O–H groups in total. The first-order valence-corrected chi connectivity index (χ1v) is 8.29. The van der Waals surface area contributed by atoms with E-state index in [0.29, 0.717) is 30.5 Å². The topological polar surface area (TPSA) is 62.3 Å². The van der Waals surface area contributed by atoms with Crippen LogP contribution in [0.15, 0.2) is 18.5 Å². The highest BCUT2D eigenvalue weighted by molar-refractivity contribution is 6.05. The molecule has 0 saturated heterocycles. The number of carbonyl (C=O) groups excluding carboxylic acids is 2. The lowest BCUT2D eigenvalue weighted by atomic mass is 10.0. The molecular formula is C17H19N3O2. The molecule has 22 heavy (non-hydrogen) atoms. The van der Waals surface area contributed by atoms with Gasteiger partial charge in [0.15, 0.2) is 0 Å². The molecule has 5 nitrogen and oxygen atoms in total. The van der Waals surface area contributed by atoms with Crippen molar-refractivity contribution in [2.24, 2.45) is 29.6 Å². The first-order chi connectivity index (χ1) is 10.7. The van der Waals surface area contributed by atoms with E-state index in [9.17, 15) is 9.59 Å². The van der Waals surface area contributed by atoms with Crippen LogP contribution in [0.25, 0.3) is 0 Å². The van der Waals surface area contributed by atoms with Gasteiger partial charge in [0.2, 0.25) is 11.8 Å². The third-order valence-electron chi connectivity index (χ3n) is 6.21. The second-order valence-electron chi connectivity index (χ2n) is 7.19. The molecule has 1 aliphatic heterocycles. The summed E-state index contributed by atoms with van der Waals surface area (Å²) < 4.78 is 0. The zero-order chi connectivity index (χ0) is 14.8. The molecule has 0 aromatic carbocycles. The summed E-state index contributed by atoms with van der Waals surface area (Å²) in [4.78, 5) is 30.9. The van der Waals surface area contributed by atoms with Gasteiger partial charge in [-0.2, -0.15) is 0 Å². The summed E-state index contributed by atoms with van der Waals surface area (Å²) in [6, 6.07) is 1.77. The predicted molar refractivity (Wildman–Crippen MR) is 81.1 cm³/mol. The van der Waals surface area contributed by atoms with E-state index in [4.69, 9.17) is 0 Å². The Morgan fingerprint density at radius 1 is 1.27 bits per heavy atom. The van der Waals surface area contributed by atoms with Crippen LogP contribution in [0, 0.1) is 29.6 Å². The molecule has 1 unspecified atom stereocenters. The summed E-state index contributed by atoms with van der Waals surface area (Å²) in [6.07, 6.45) is 7.68. The normalized spacial score (nSPS) is 38.1. The molecule has 0 radical (unpaired) electrons. The minimum absolute atomic E-state index is 0.0289. The van der Waals surface area contributed by atoms with Gasteiger partial charge < -0.3 is 10.2 Å². The Labute approximate surface area is 129 Å². The van der Waals surface area contributed by atoms with Crippen LogP contribution >= 0.6 is 0 Å². The maximum absolute atomic E-state index is 13.1. The number of hydrogen-bond acceptors (Lipinski definition) is 3. The zero-order valence-electron chi connectivity index (χ0n) is 12.4. The lowest BCUT2D eigenvalue weighted by Gasteiger charge is -2.23. The molecule has 2 amide bonds. The van der Waals surface area contributed by atoms with Crippen LogP contribution in [-0.4, -0.2) is 23.3 Å².